The molecule has 152 valence electrons. The minimum Gasteiger partial charge on any atom is -0.324 e. The maximum absolute atomic E-state index is 12.8. The Morgan fingerprint density at radius 2 is 2.07 bits per heavy atom. The lowest BCUT2D eigenvalue weighted by Crippen LogP contribution is -2.23. The lowest BCUT2D eigenvalue weighted by molar-refractivity contribution is 0.568. The predicted molar refractivity (Wildman–Crippen MR) is 117 cm³/mol. The second kappa shape index (κ2) is 7.55. The van der Waals surface area contributed by atoms with Crippen molar-refractivity contribution < 1.29 is 0 Å². The molecule has 0 bridgehead atoms. The molecule has 4 aromatic rings. The number of halogens is 1. The molecule has 0 aliphatic carbocycles. The molecule has 1 aromatic carbocycles. The van der Waals surface area contributed by atoms with Gasteiger partial charge in [-0.25, -0.2) is 19.3 Å². The van der Waals surface area contributed by atoms with Crippen molar-refractivity contribution in [1.29, 1.82) is 0 Å². The van der Waals surface area contributed by atoms with Gasteiger partial charge in [0, 0.05) is 31.2 Å². The summed E-state index contributed by atoms with van der Waals surface area (Å²) in [6.07, 6.45) is 4.14. The summed E-state index contributed by atoms with van der Waals surface area (Å²) in [6.45, 7) is 4.23. The number of nitrogens with one attached hydrogen (secondary N) is 2. The second-order valence-corrected chi connectivity index (χ2v) is 7.57. The molecule has 3 aromatic heterocycles. The van der Waals surface area contributed by atoms with Gasteiger partial charge in [-0.3, -0.25) is 4.79 Å². The van der Waals surface area contributed by atoms with Gasteiger partial charge in [0.05, 0.1) is 5.02 Å². The number of aromatic nitrogens is 5. The zero-order valence-corrected chi connectivity index (χ0v) is 17.1. The Hall–Kier alpha value is -3.23. The largest absolute Gasteiger partial charge is 0.324 e. The van der Waals surface area contributed by atoms with Gasteiger partial charge in [0.1, 0.15) is 5.39 Å². The molecule has 1 aliphatic rings. The third-order valence-electron chi connectivity index (χ3n) is 5.25. The van der Waals surface area contributed by atoms with Crippen LogP contribution in [0.1, 0.15) is 18.1 Å². The quantitative estimate of drug-likeness (QED) is 0.526. The number of fused-ring (bicyclic) bond motifs is 2. The molecule has 30 heavy (non-hydrogen) atoms. The summed E-state index contributed by atoms with van der Waals surface area (Å²) in [4.78, 5) is 26.2. The van der Waals surface area contributed by atoms with E-state index in [2.05, 4.69) is 37.7 Å². The molecule has 5 rings (SSSR count). The lowest BCUT2D eigenvalue weighted by Gasteiger charge is -2.18. The van der Waals surface area contributed by atoms with Crippen molar-refractivity contribution in [2.45, 2.75) is 26.4 Å². The molecule has 0 spiro atoms. The Balaban J connectivity index is 1.59. The zero-order chi connectivity index (χ0) is 20.7. The zero-order valence-electron chi connectivity index (χ0n) is 16.4. The van der Waals surface area contributed by atoms with Gasteiger partial charge < -0.3 is 10.6 Å². The third kappa shape index (κ3) is 3.24. The Bertz CT molecular complexity index is 1290. The Morgan fingerprint density at radius 1 is 1.17 bits per heavy atom. The average Bonchev–Trinajstić information content (AvgIpc) is 3.05. The number of anilines is 2. The van der Waals surface area contributed by atoms with E-state index < -0.39 is 0 Å². The maximum atomic E-state index is 12.8. The van der Waals surface area contributed by atoms with Gasteiger partial charge in [0.15, 0.2) is 11.5 Å². The number of rotatable bonds is 4. The van der Waals surface area contributed by atoms with Gasteiger partial charge in [-0.15, -0.1) is 0 Å². The Labute approximate surface area is 177 Å². The van der Waals surface area contributed by atoms with E-state index in [9.17, 15) is 4.79 Å². The monoisotopic (exact) mass is 421 g/mol. The highest BCUT2D eigenvalue weighted by molar-refractivity contribution is 6.30. The van der Waals surface area contributed by atoms with Crippen molar-refractivity contribution in [2.24, 2.45) is 0 Å². The van der Waals surface area contributed by atoms with Crippen LogP contribution in [0.3, 0.4) is 0 Å². The standard InChI is InChI=1S/C21H20ClN7O/c1-2-28-20(30)17-12-25-21(26-16-5-3-13-7-8-23-10-14(13)9-16)27-19(17)29(28)18-6-4-15(22)11-24-18/h3-6,9,11-12,23H,2,7-8,10H2,1H3,(H,25,26,27). The van der Waals surface area contributed by atoms with Crippen LogP contribution in [0.15, 0.2) is 47.5 Å². The van der Waals surface area contributed by atoms with Gasteiger partial charge in [0.25, 0.3) is 5.56 Å². The van der Waals surface area contributed by atoms with Crippen LogP contribution >= 0.6 is 11.6 Å². The van der Waals surface area contributed by atoms with E-state index in [1.165, 1.54) is 11.1 Å². The van der Waals surface area contributed by atoms with E-state index in [1.54, 1.807) is 33.9 Å². The fourth-order valence-electron chi connectivity index (χ4n) is 3.79. The van der Waals surface area contributed by atoms with Gasteiger partial charge in [0.2, 0.25) is 5.95 Å². The van der Waals surface area contributed by atoms with Crippen molar-refractivity contribution in [3.8, 4) is 5.82 Å². The number of benzene rings is 1. The third-order valence-corrected chi connectivity index (χ3v) is 5.48. The van der Waals surface area contributed by atoms with Crippen molar-refractivity contribution in [3.63, 3.8) is 0 Å². The van der Waals surface area contributed by atoms with Crippen molar-refractivity contribution in [1.82, 2.24) is 29.6 Å². The van der Waals surface area contributed by atoms with Crippen LogP contribution in [0.5, 0.6) is 0 Å². The second-order valence-electron chi connectivity index (χ2n) is 7.13. The smallest absolute Gasteiger partial charge is 0.278 e. The summed E-state index contributed by atoms with van der Waals surface area (Å²) < 4.78 is 3.29. The first-order valence-corrected chi connectivity index (χ1v) is 10.2. The normalized spacial score (nSPS) is 13.4. The summed E-state index contributed by atoms with van der Waals surface area (Å²) in [5.74, 6) is 0.986. The van der Waals surface area contributed by atoms with E-state index in [0.717, 1.165) is 25.2 Å². The molecular formula is C21H20ClN7O. The summed E-state index contributed by atoms with van der Waals surface area (Å²) in [5.41, 5.74) is 3.87. The SMILES string of the molecule is CCn1c(=O)c2cnc(Nc3ccc4c(c3)CNCC4)nc2n1-c1ccc(Cl)cn1. The van der Waals surface area contributed by atoms with Crippen molar-refractivity contribution >= 4 is 34.3 Å². The van der Waals surface area contributed by atoms with Crippen molar-refractivity contribution in [3.05, 3.63) is 69.2 Å². The van der Waals surface area contributed by atoms with Gasteiger partial charge in [-0.2, -0.15) is 4.98 Å². The molecule has 0 saturated heterocycles. The van der Waals surface area contributed by atoms with E-state index in [4.69, 9.17) is 11.6 Å². The summed E-state index contributed by atoms with van der Waals surface area (Å²) in [5, 5.41) is 7.62. The number of pyridine rings is 1. The molecule has 2 N–H and O–H groups in total. The van der Waals surface area contributed by atoms with Crippen LogP contribution in [0.2, 0.25) is 5.02 Å². The van der Waals surface area contributed by atoms with Crippen LogP contribution in [0, 0.1) is 0 Å². The molecule has 9 heteroatoms. The van der Waals surface area contributed by atoms with Crippen LogP contribution < -0.4 is 16.2 Å². The molecule has 0 unspecified atom stereocenters. The molecule has 1 aliphatic heterocycles. The van der Waals surface area contributed by atoms with Gasteiger partial charge in [-0.05, 0) is 55.3 Å². The Morgan fingerprint density at radius 3 is 2.87 bits per heavy atom. The van der Waals surface area contributed by atoms with Crippen LogP contribution in [0.4, 0.5) is 11.6 Å². The maximum Gasteiger partial charge on any atom is 0.278 e. The number of hydrogen-bond acceptors (Lipinski definition) is 6. The van der Waals surface area contributed by atoms with Crippen LogP contribution in [-0.2, 0) is 19.5 Å². The van der Waals surface area contributed by atoms with Gasteiger partial charge in [-0.1, -0.05) is 17.7 Å². The molecule has 0 saturated carbocycles. The minimum atomic E-state index is -0.157. The first kappa shape index (κ1) is 18.8. The number of nitrogens with zero attached hydrogens (tertiary/aromatic N) is 5. The van der Waals surface area contributed by atoms with Crippen LogP contribution in [-0.4, -0.2) is 30.9 Å². The summed E-state index contributed by atoms with van der Waals surface area (Å²) in [7, 11) is 0. The molecule has 8 nitrogen and oxygen atoms in total. The lowest BCUT2D eigenvalue weighted by atomic mass is 10.0. The molecule has 0 fully saturated rings. The minimum absolute atomic E-state index is 0.157. The molecule has 0 atom stereocenters. The topological polar surface area (TPSA) is 89.7 Å². The molecular weight excluding hydrogens is 402 g/mol. The number of hydrogen-bond donors (Lipinski definition) is 2. The van der Waals surface area contributed by atoms with Crippen molar-refractivity contribution in [2.75, 3.05) is 11.9 Å². The highest BCUT2D eigenvalue weighted by Gasteiger charge is 2.17. The highest BCUT2D eigenvalue weighted by atomic mass is 35.5. The first-order chi connectivity index (χ1) is 14.6. The van der Waals surface area contributed by atoms with E-state index in [0.29, 0.717) is 34.4 Å². The van der Waals surface area contributed by atoms with E-state index >= 15 is 0 Å². The van der Waals surface area contributed by atoms with Crippen LogP contribution in [0.25, 0.3) is 16.9 Å². The molecule has 0 radical (unpaired) electrons. The summed E-state index contributed by atoms with van der Waals surface area (Å²) in [6, 6.07) is 9.78. The Kier molecular flexibility index (Phi) is 4.72. The predicted octanol–water partition coefficient (Wildman–Crippen LogP) is 3.04. The van der Waals surface area contributed by atoms with E-state index in [-0.39, 0.29) is 5.56 Å². The molecule has 4 heterocycles. The van der Waals surface area contributed by atoms with Gasteiger partial charge >= 0.3 is 0 Å². The van der Waals surface area contributed by atoms with E-state index in [1.807, 2.05) is 13.0 Å². The fraction of sp³-hybridized carbons (Fsp3) is 0.238. The fourth-order valence-corrected chi connectivity index (χ4v) is 3.90. The first-order valence-electron chi connectivity index (χ1n) is 9.84. The highest BCUT2D eigenvalue weighted by Crippen LogP contribution is 2.22. The average molecular weight is 422 g/mol. The molecule has 0 amide bonds. The summed E-state index contributed by atoms with van der Waals surface area (Å²) >= 11 is 5.98.